The highest BCUT2D eigenvalue weighted by Gasteiger charge is 2.32. The van der Waals surface area contributed by atoms with E-state index in [9.17, 15) is 19.1 Å². The van der Waals surface area contributed by atoms with E-state index in [0.29, 0.717) is 22.4 Å². The molecular weight excluding hydrogens is 437 g/mol. The molecule has 1 aliphatic rings. The largest absolute Gasteiger partial charge is 0.548 e. The summed E-state index contributed by atoms with van der Waals surface area (Å²) in [5, 5.41) is 15.5. The second-order valence-corrected chi connectivity index (χ2v) is 8.49. The highest BCUT2D eigenvalue weighted by atomic mass is 32.2. The van der Waals surface area contributed by atoms with Crippen LogP contribution < -0.4 is 5.11 Å². The summed E-state index contributed by atoms with van der Waals surface area (Å²) < 4.78 is 16.0. The van der Waals surface area contributed by atoms with Crippen LogP contribution in [-0.2, 0) is 9.59 Å². The van der Waals surface area contributed by atoms with Crippen molar-refractivity contribution in [3.63, 3.8) is 0 Å². The maximum absolute atomic E-state index is 14.2. The van der Waals surface area contributed by atoms with Crippen LogP contribution in [0.4, 0.5) is 4.39 Å². The molecule has 4 rings (SSSR count). The Balaban J connectivity index is 1.81. The molecule has 1 fully saturated rings. The Morgan fingerprint density at radius 2 is 2.00 bits per heavy atom. The quantitative estimate of drug-likeness (QED) is 0.438. The number of aryl methyl sites for hydroxylation is 1. The maximum atomic E-state index is 14.2. The lowest BCUT2D eigenvalue weighted by atomic mass is 10.1. The molecule has 0 N–H and O–H groups in total. The first-order valence-corrected chi connectivity index (χ1v) is 10.4. The highest BCUT2D eigenvalue weighted by Crippen LogP contribution is 2.35. The molecule has 6 nitrogen and oxygen atoms in total. The minimum absolute atomic E-state index is 0.138. The number of hydrogen-bond donors (Lipinski definition) is 0. The molecule has 0 radical (unpaired) electrons. The van der Waals surface area contributed by atoms with Gasteiger partial charge >= 0.3 is 0 Å². The van der Waals surface area contributed by atoms with Crippen LogP contribution in [-0.4, -0.2) is 37.4 Å². The normalized spacial score (nSPS) is 15.2. The molecule has 0 atom stereocenters. The minimum atomic E-state index is -1.40. The van der Waals surface area contributed by atoms with Crippen molar-refractivity contribution < 1.29 is 19.1 Å². The van der Waals surface area contributed by atoms with Crippen molar-refractivity contribution in [3.8, 4) is 16.9 Å². The van der Waals surface area contributed by atoms with Gasteiger partial charge in [0.1, 0.15) is 15.8 Å². The summed E-state index contributed by atoms with van der Waals surface area (Å²) in [6.45, 7) is 1.06. The fourth-order valence-electron chi connectivity index (χ4n) is 3.08. The number of carbonyl (C=O) groups is 2. The molecule has 1 saturated heterocycles. The minimum Gasteiger partial charge on any atom is -0.548 e. The molecule has 2 aromatic carbocycles. The topological polar surface area (TPSA) is 78.3 Å². The average molecular weight is 453 g/mol. The smallest absolute Gasteiger partial charge is 0.266 e. The number of halogens is 1. The summed E-state index contributed by atoms with van der Waals surface area (Å²) in [5.74, 6) is -2.28. The van der Waals surface area contributed by atoms with Crippen LogP contribution in [0.15, 0.2) is 59.6 Å². The molecule has 0 unspecified atom stereocenters. The first-order chi connectivity index (χ1) is 14.8. The fourth-order valence-corrected chi connectivity index (χ4v) is 4.32. The van der Waals surface area contributed by atoms with Gasteiger partial charge in [-0.05, 0) is 36.8 Å². The lowest BCUT2D eigenvalue weighted by molar-refractivity contribution is -0.305. The molecule has 1 aliphatic heterocycles. The van der Waals surface area contributed by atoms with Crippen LogP contribution in [0.5, 0.6) is 0 Å². The molecular formula is C22H15FN3O3S2-. The number of thiocarbonyl (C=S) groups is 1. The fraction of sp³-hybridized carbons (Fsp3) is 0.0909. The zero-order valence-electron chi connectivity index (χ0n) is 16.2. The molecule has 1 amide bonds. The number of carbonyl (C=O) groups excluding carboxylic acids is 2. The molecule has 3 aromatic rings. The van der Waals surface area contributed by atoms with Crippen LogP contribution in [0.25, 0.3) is 23.0 Å². The molecule has 0 bridgehead atoms. The standard InChI is InChI=1S/C22H16FN3O3S2/c1-13-7-8-14(9-17(13)23)20-15(11-26(24-20)16-5-3-2-4-6-16)10-18-21(29)25(12-19(27)28)22(30)31-18/h2-11H,12H2,1H3,(H,27,28)/p-1. The number of carboxylic acid groups (broad SMARTS) is 1. The molecule has 31 heavy (non-hydrogen) atoms. The molecule has 9 heteroatoms. The van der Waals surface area contributed by atoms with Gasteiger partial charge in [0.2, 0.25) is 0 Å². The number of amides is 1. The maximum Gasteiger partial charge on any atom is 0.266 e. The second-order valence-electron chi connectivity index (χ2n) is 6.82. The van der Waals surface area contributed by atoms with Gasteiger partial charge in [-0.15, -0.1) is 0 Å². The van der Waals surface area contributed by atoms with E-state index in [1.807, 2.05) is 30.3 Å². The van der Waals surface area contributed by atoms with Crippen molar-refractivity contribution in [1.29, 1.82) is 0 Å². The van der Waals surface area contributed by atoms with Crippen LogP contribution in [0, 0.1) is 12.7 Å². The Morgan fingerprint density at radius 1 is 1.26 bits per heavy atom. The highest BCUT2D eigenvalue weighted by molar-refractivity contribution is 8.26. The number of carboxylic acids is 1. The number of nitrogens with zero attached hydrogens (tertiary/aromatic N) is 3. The molecule has 0 spiro atoms. The first kappa shape index (κ1) is 21.0. The molecule has 1 aromatic heterocycles. The predicted octanol–water partition coefficient (Wildman–Crippen LogP) is 2.94. The van der Waals surface area contributed by atoms with Gasteiger partial charge in [0.15, 0.2) is 0 Å². The van der Waals surface area contributed by atoms with Crippen LogP contribution in [0.1, 0.15) is 11.1 Å². The Kier molecular flexibility index (Phi) is 5.71. The number of rotatable bonds is 5. The Morgan fingerprint density at radius 3 is 2.68 bits per heavy atom. The molecule has 0 aliphatic carbocycles. The van der Waals surface area contributed by atoms with Crippen molar-refractivity contribution in [2.75, 3.05) is 6.54 Å². The zero-order valence-corrected chi connectivity index (χ0v) is 17.9. The van der Waals surface area contributed by atoms with Crippen LogP contribution >= 0.6 is 24.0 Å². The van der Waals surface area contributed by atoms with Gasteiger partial charge in [-0.2, -0.15) is 5.10 Å². The number of aromatic nitrogens is 2. The summed E-state index contributed by atoms with van der Waals surface area (Å²) in [4.78, 5) is 24.8. The van der Waals surface area contributed by atoms with Gasteiger partial charge in [-0.25, -0.2) is 9.07 Å². The Labute approximate surface area is 187 Å². The van der Waals surface area contributed by atoms with Crippen molar-refractivity contribution in [3.05, 3.63) is 76.6 Å². The van der Waals surface area contributed by atoms with Gasteiger partial charge in [0.25, 0.3) is 5.91 Å². The summed E-state index contributed by atoms with van der Waals surface area (Å²) >= 11 is 6.13. The molecule has 2 heterocycles. The van der Waals surface area contributed by atoms with Crippen molar-refractivity contribution in [2.24, 2.45) is 0 Å². The van der Waals surface area contributed by atoms with Crippen molar-refractivity contribution in [1.82, 2.24) is 14.7 Å². The van der Waals surface area contributed by atoms with Gasteiger partial charge in [0.05, 0.1) is 23.1 Å². The number of para-hydroxylation sites is 1. The van der Waals surface area contributed by atoms with Gasteiger partial charge in [-0.3, -0.25) is 9.69 Å². The second kappa shape index (κ2) is 8.44. The number of hydrogen-bond acceptors (Lipinski definition) is 6. The summed E-state index contributed by atoms with van der Waals surface area (Å²) in [6.07, 6.45) is 3.32. The van der Waals surface area contributed by atoms with E-state index in [1.54, 1.807) is 36.0 Å². The van der Waals surface area contributed by atoms with Crippen LogP contribution in [0.3, 0.4) is 0 Å². The van der Waals surface area contributed by atoms with E-state index in [2.05, 4.69) is 5.10 Å². The summed E-state index contributed by atoms with van der Waals surface area (Å²) in [7, 11) is 0. The summed E-state index contributed by atoms with van der Waals surface area (Å²) in [6, 6.07) is 14.2. The van der Waals surface area contributed by atoms with Crippen LogP contribution in [0.2, 0.25) is 0 Å². The lowest BCUT2D eigenvalue weighted by Gasteiger charge is -2.14. The third-order valence-electron chi connectivity index (χ3n) is 4.66. The SMILES string of the molecule is Cc1ccc(-c2nn(-c3ccccc3)cc2C=C2SC(=S)N(CC(=O)[O-])C2=O)cc1F. The van der Waals surface area contributed by atoms with E-state index in [4.69, 9.17) is 12.2 Å². The van der Waals surface area contributed by atoms with E-state index in [-0.39, 0.29) is 15.0 Å². The third-order valence-corrected chi connectivity index (χ3v) is 6.03. The lowest BCUT2D eigenvalue weighted by Crippen LogP contribution is -2.40. The average Bonchev–Trinajstić information content (AvgIpc) is 3.27. The first-order valence-electron chi connectivity index (χ1n) is 9.20. The number of benzene rings is 2. The van der Waals surface area contributed by atoms with E-state index in [0.717, 1.165) is 22.3 Å². The Hall–Kier alpha value is -3.30. The van der Waals surface area contributed by atoms with Gasteiger partial charge in [0, 0.05) is 17.3 Å². The molecule has 0 saturated carbocycles. The van der Waals surface area contributed by atoms with E-state index < -0.39 is 18.4 Å². The van der Waals surface area contributed by atoms with Crippen molar-refractivity contribution in [2.45, 2.75) is 6.92 Å². The predicted molar refractivity (Wildman–Crippen MR) is 119 cm³/mol. The molecule has 156 valence electrons. The summed E-state index contributed by atoms with van der Waals surface area (Å²) in [5.41, 5.74) is 2.90. The van der Waals surface area contributed by atoms with E-state index >= 15 is 0 Å². The monoisotopic (exact) mass is 452 g/mol. The number of thioether (sulfide) groups is 1. The van der Waals surface area contributed by atoms with E-state index in [1.165, 1.54) is 6.07 Å². The third kappa shape index (κ3) is 4.28. The van der Waals surface area contributed by atoms with Gasteiger partial charge < -0.3 is 9.90 Å². The zero-order chi connectivity index (χ0) is 22.1. The Bertz CT molecular complexity index is 1240. The number of aliphatic carboxylic acids is 1. The van der Waals surface area contributed by atoms with Crippen molar-refractivity contribution >= 4 is 46.3 Å². The van der Waals surface area contributed by atoms with Gasteiger partial charge in [-0.1, -0.05) is 54.3 Å².